The summed E-state index contributed by atoms with van der Waals surface area (Å²) in [5.74, 6) is 0.599. The van der Waals surface area contributed by atoms with Crippen LogP contribution in [-0.2, 0) is 6.54 Å². The first-order chi connectivity index (χ1) is 8.38. The van der Waals surface area contributed by atoms with Crippen molar-refractivity contribution < 1.29 is 0 Å². The molecule has 0 amide bonds. The minimum absolute atomic E-state index is 0.405. The highest BCUT2D eigenvalue weighted by Crippen LogP contribution is 2.14. The zero-order valence-corrected chi connectivity index (χ0v) is 9.11. The lowest BCUT2D eigenvalue weighted by Crippen LogP contribution is -2.05. The predicted octanol–water partition coefficient (Wildman–Crippen LogP) is 1.27. The van der Waals surface area contributed by atoms with E-state index in [-0.39, 0.29) is 0 Å². The van der Waals surface area contributed by atoms with Gasteiger partial charge in [0, 0.05) is 12.7 Å². The molecule has 2 aromatic heterocycles. The number of benzene rings is 1. The second-order valence-electron chi connectivity index (χ2n) is 3.66. The van der Waals surface area contributed by atoms with E-state index in [1.807, 2.05) is 34.9 Å². The van der Waals surface area contributed by atoms with Crippen LogP contribution in [0.15, 0.2) is 42.9 Å². The summed E-state index contributed by atoms with van der Waals surface area (Å²) >= 11 is 0. The van der Waals surface area contributed by atoms with Gasteiger partial charge in [0.05, 0.1) is 16.7 Å². The van der Waals surface area contributed by atoms with Gasteiger partial charge in [-0.1, -0.05) is 12.1 Å². The van der Waals surface area contributed by atoms with E-state index >= 15 is 0 Å². The van der Waals surface area contributed by atoms with Crippen LogP contribution in [0.25, 0.3) is 17.0 Å². The number of nitrogens with two attached hydrogens (primary N) is 1. The van der Waals surface area contributed by atoms with Crippen LogP contribution in [0.1, 0.15) is 5.69 Å². The molecule has 2 N–H and O–H groups in total. The molecular formula is C12H11N5. The van der Waals surface area contributed by atoms with E-state index in [0.29, 0.717) is 12.5 Å². The van der Waals surface area contributed by atoms with Crippen LogP contribution in [0.2, 0.25) is 0 Å². The normalized spacial score (nSPS) is 10.9. The summed E-state index contributed by atoms with van der Waals surface area (Å²) in [6.07, 6.45) is 3.43. The van der Waals surface area contributed by atoms with E-state index in [0.717, 1.165) is 16.7 Å². The number of para-hydroxylation sites is 2. The van der Waals surface area contributed by atoms with Crippen molar-refractivity contribution in [2.75, 3.05) is 0 Å². The summed E-state index contributed by atoms with van der Waals surface area (Å²) in [6, 6.07) is 9.67. The molecule has 0 saturated carbocycles. The SMILES string of the molecule is NCc1ccnc(-n2cnc3ccccc32)n1. The fraction of sp³-hybridized carbons (Fsp3) is 0.0833. The van der Waals surface area contributed by atoms with Gasteiger partial charge in [-0.2, -0.15) is 0 Å². The van der Waals surface area contributed by atoms with Gasteiger partial charge < -0.3 is 5.73 Å². The number of imidazole rings is 1. The third-order valence-corrected chi connectivity index (χ3v) is 2.58. The molecule has 0 fully saturated rings. The molecule has 0 spiro atoms. The second-order valence-corrected chi connectivity index (χ2v) is 3.66. The molecule has 5 heteroatoms. The molecule has 0 aliphatic heterocycles. The Morgan fingerprint density at radius 1 is 1.12 bits per heavy atom. The zero-order valence-electron chi connectivity index (χ0n) is 9.11. The van der Waals surface area contributed by atoms with Gasteiger partial charge in [-0.15, -0.1) is 0 Å². The molecule has 1 aromatic carbocycles. The minimum atomic E-state index is 0.405. The van der Waals surface area contributed by atoms with Crippen molar-refractivity contribution in [1.82, 2.24) is 19.5 Å². The number of nitrogens with zero attached hydrogens (tertiary/aromatic N) is 4. The highest BCUT2D eigenvalue weighted by atomic mass is 15.2. The second kappa shape index (κ2) is 3.95. The first-order valence-corrected chi connectivity index (χ1v) is 5.33. The molecule has 84 valence electrons. The summed E-state index contributed by atoms with van der Waals surface area (Å²) in [4.78, 5) is 12.9. The Bertz CT molecular complexity index is 659. The Morgan fingerprint density at radius 2 is 2.00 bits per heavy atom. The van der Waals surface area contributed by atoms with Gasteiger partial charge >= 0.3 is 0 Å². The molecule has 0 aliphatic carbocycles. The van der Waals surface area contributed by atoms with E-state index in [9.17, 15) is 0 Å². The zero-order chi connectivity index (χ0) is 11.7. The number of hydrogen-bond donors (Lipinski definition) is 1. The average Bonchev–Trinajstić information content (AvgIpc) is 2.82. The van der Waals surface area contributed by atoms with E-state index in [2.05, 4.69) is 15.0 Å². The van der Waals surface area contributed by atoms with Gasteiger partial charge in [-0.05, 0) is 18.2 Å². The van der Waals surface area contributed by atoms with Crippen LogP contribution >= 0.6 is 0 Å². The summed E-state index contributed by atoms with van der Waals surface area (Å²) in [5, 5.41) is 0. The molecule has 0 atom stereocenters. The first-order valence-electron chi connectivity index (χ1n) is 5.33. The number of hydrogen-bond acceptors (Lipinski definition) is 4. The molecule has 2 heterocycles. The van der Waals surface area contributed by atoms with Crippen LogP contribution in [0.3, 0.4) is 0 Å². The predicted molar refractivity (Wildman–Crippen MR) is 64.6 cm³/mol. The van der Waals surface area contributed by atoms with Crippen molar-refractivity contribution in [2.24, 2.45) is 5.73 Å². The highest BCUT2D eigenvalue weighted by Gasteiger charge is 2.06. The average molecular weight is 225 g/mol. The highest BCUT2D eigenvalue weighted by molar-refractivity contribution is 5.76. The van der Waals surface area contributed by atoms with Gasteiger partial charge in [0.2, 0.25) is 5.95 Å². The Morgan fingerprint density at radius 3 is 2.88 bits per heavy atom. The van der Waals surface area contributed by atoms with Crippen molar-refractivity contribution in [2.45, 2.75) is 6.54 Å². The van der Waals surface area contributed by atoms with Crippen molar-refractivity contribution in [3.63, 3.8) is 0 Å². The van der Waals surface area contributed by atoms with Crippen LogP contribution < -0.4 is 5.73 Å². The maximum Gasteiger partial charge on any atom is 0.235 e. The molecule has 3 aromatic rings. The monoisotopic (exact) mass is 225 g/mol. The fourth-order valence-corrected chi connectivity index (χ4v) is 1.73. The van der Waals surface area contributed by atoms with E-state index in [4.69, 9.17) is 5.73 Å². The standard InChI is InChI=1S/C12H11N5/c13-7-9-5-6-14-12(16-9)17-8-15-10-3-1-2-4-11(10)17/h1-6,8H,7,13H2. The maximum atomic E-state index is 5.57. The van der Waals surface area contributed by atoms with Crippen molar-refractivity contribution >= 4 is 11.0 Å². The fourth-order valence-electron chi connectivity index (χ4n) is 1.73. The summed E-state index contributed by atoms with van der Waals surface area (Å²) < 4.78 is 1.86. The number of rotatable bonds is 2. The van der Waals surface area contributed by atoms with Crippen LogP contribution in [0.5, 0.6) is 0 Å². The van der Waals surface area contributed by atoms with Gasteiger partial charge in [0.25, 0.3) is 0 Å². The van der Waals surface area contributed by atoms with Crippen molar-refractivity contribution in [3.05, 3.63) is 48.5 Å². The molecule has 0 unspecified atom stereocenters. The maximum absolute atomic E-state index is 5.57. The van der Waals surface area contributed by atoms with Gasteiger partial charge in [-0.3, -0.25) is 4.57 Å². The lowest BCUT2D eigenvalue weighted by atomic mass is 10.3. The van der Waals surface area contributed by atoms with E-state index < -0.39 is 0 Å². The van der Waals surface area contributed by atoms with Crippen LogP contribution in [-0.4, -0.2) is 19.5 Å². The Kier molecular flexibility index (Phi) is 2.31. The Hall–Kier alpha value is -2.27. The third kappa shape index (κ3) is 1.66. The summed E-state index contributed by atoms with van der Waals surface area (Å²) in [6.45, 7) is 0.405. The molecule has 0 radical (unpaired) electrons. The number of aromatic nitrogens is 4. The quantitative estimate of drug-likeness (QED) is 0.713. The Balaban J connectivity index is 2.20. The molecule has 3 rings (SSSR count). The molecule has 0 bridgehead atoms. The lowest BCUT2D eigenvalue weighted by Gasteiger charge is -2.03. The van der Waals surface area contributed by atoms with E-state index in [1.54, 1.807) is 12.5 Å². The molecule has 5 nitrogen and oxygen atoms in total. The smallest absolute Gasteiger partial charge is 0.235 e. The van der Waals surface area contributed by atoms with Crippen LogP contribution in [0.4, 0.5) is 0 Å². The van der Waals surface area contributed by atoms with Crippen LogP contribution in [0, 0.1) is 0 Å². The Labute approximate surface area is 98.0 Å². The van der Waals surface area contributed by atoms with E-state index in [1.165, 1.54) is 0 Å². The van der Waals surface area contributed by atoms with Gasteiger partial charge in [0.1, 0.15) is 6.33 Å². The third-order valence-electron chi connectivity index (χ3n) is 2.58. The van der Waals surface area contributed by atoms with Gasteiger partial charge in [0.15, 0.2) is 0 Å². The first kappa shape index (κ1) is 9.92. The molecular weight excluding hydrogens is 214 g/mol. The largest absolute Gasteiger partial charge is 0.325 e. The summed E-state index contributed by atoms with van der Waals surface area (Å²) in [5.41, 5.74) is 8.30. The summed E-state index contributed by atoms with van der Waals surface area (Å²) in [7, 11) is 0. The number of fused-ring (bicyclic) bond motifs is 1. The van der Waals surface area contributed by atoms with Crippen molar-refractivity contribution in [3.8, 4) is 5.95 Å². The van der Waals surface area contributed by atoms with Gasteiger partial charge in [-0.25, -0.2) is 15.0 Å². The molecule has 17 heavy (non-hydrogen) atoms. The minimum Gasteiger partial charge on any atom is -0.325 e. The molecule has 0 saturated heterocycles. The van der Waals surface area contributed by atoms with Crippen molar-refractivity contribution in [1.29, 1.82) is 0 Å². The lowest BCUT2D eigenvalue weighted by molar-refractivity contribution is 0.890. The topological polar surface area (TPSA) is 69.6 Å². The molecule has 0 aliphatic rings.